The lowest BCUT2D eigenvalue weighted by Gasteiger charge is -2.27. The van der Waals surface area contributed by atoms with Gasteiger partial charge in [0.15, 0.2) is 0 Å². The number of amides is 1. The summed E-state index contributed by atoms with van der Waals surface area (Å²) in [7, 11) is 0. The van der Waals surface area contributed by atoms with E-state index in [-0.39, 0.29) is 0 Å². The number of rotatable bonds is 2. The number of hydrogen-bond acceptors (Lipinski definition) is 4. The van der Waals surface area contributed by atoms with Crippen LogP contribution in [0.5, 0.6) is 5.75 Å². The number of carbonyl (C=O) groups excluding carboxylic acids is 2. The topological polar surface area (TPSA) is 55.8 Å². The lowest BCUT2D eigenvalue weighted by Crippen LogP contribution is -2.44. The lowest BCUT2D eigenvalue weighted by molar-refractivity contribution is -0.139. The Bertz CT molecular complexity index is 609. The molecule has 1 aliphatic rings. The molecule has 2 rings (SSSR count). The van der Waals surface area contributed by atoms with E-state index in [0.717, 1.165) is 12.0 Å². The van der Waals surface area contributed by atoms with Crippen molar-refractivity contribution in [3.63, 3.8) is 0 Å². The van der Waals surface area contributed by atoms with Gasteiger partial charge in [0.1, 0.15) is 17.4 Å². The second-order valence-corrected chi connectivity index (χ2v) is 7.10. The first kappa shape index (κ1) is 17.6. The van der Waals surface area contributed by atoms with Crippen LogP contribution in [0.4, 0.5) is 4.79 Å². The zero-order chi connectivity index (χ0) is 17.2. The monoisotopic (exact) mass is 339 g/mol. The van der Waals surface area contributed by atoms with Gasteiger partial charge in [0.05, 0.1) is 0 Å². The Morgan fingerprint density at radius 3 is 2.61 bits per heavy atom. The largest absolute Gasteiger partial charge is 0.444 e. The van der Waals surface area contributed by atoms with Crippen LogP contribution < -0.4 is 4.74 Å². The summed E-state index contributed by atoms with van der Waals surface area (Å²) in [5, 5.41) is 0.582. The molecular weight excluding hydrogens is 318 g/mol. The molecule has 0 saturated carbocycles. The molecule has 0 N–H and O–H groups in total. The molecule has 0 spiro atoms. The summed E-state index contributed by atoms with van der Waals surface area (Å²) in [6.07, 6.45) is 0.841. The van der Waals surface area contributed by atoms with Crippen LogP contribution in [-0.4, -0.2) is 35.2 Å². The van der Waals surface area contributed by atoms with Crippen molar-refractivity contribution in [1.82, 2.24) is 4.90 Å². The molecule has 1 unspecified atom stereocenters. The van der Waals surface area contributed by atoms with Gasteiger partial charge in [-0.2, -0.15) is 0 Å². The average Bonchev–Trinajstić information content (AvgIpc) is 2.89. The van der Waals surface area contributed by atoms with E-state index >= 15 is 0 Å². The second kappa shape index (κ2) is 6.79. The van der Waals surface area contributed by atoms with Crippen LogP contribution in [0.15, 0.2) is 18.2 Å². The number of benzene rings is 1. The summed E-state index contributed by atoms with van der Waals surface area (Å²) in [6.45, 7) is 7.70. The minimum Gasteiger partial charge on any atom is -0.444 e. The predicted octanol–water partition coefficient (Wildman–Crippen LogP) is 3.95. The van der Waals surface area contributed by atoms with Crippen LogP contribution in [0.2, 0.25) is 5.02 Å². The molecule has 1 amide bonds. The normalized spacial score (nSPS) is 18.0. The number of aryl methyl sites for hydroxylation is 1. The van der Waals surface area contributed by atoms with Crippen molar-refractivity contribution >= 4 is 23.7 Å². The maximum atomic E-state index is 12.4. The molecule has 0 aliphatic carbocycles. The summed E-state index contributed by atoms with van der Waals surface area (Å²) < 4.78 is 10.8. The first-order valence-corrected chi connectivity index (χ1v) is 8.02. The molecule has 1 heterocycles. The minimum absolute atomic E-state index is 0.446. The number of likely N-dealkylation sites (tertiary alicyclic amines) is 1. The highest BCUT2D eigenvalue weighted by atomic mass is 35.5. The van der Waals surface area contributed by atoms with E-state index < -0.39 is 23.7 Å². The number of ether oxygens (including phenoxy) is 2. The quantitative estimate of drug-likeness (QED) is 0.604. The fourth-order valence-electron chi connectivity index (χ4n) is 2.45. The van der Waals surface area contributed by atoms with Crippen molar-refractivity contribution in [2.24, 2.45) is 0 Å². The zero-order valence-corrected chi connectivity index (χ0v) is 14.6. The van der Waals surface area contributed by atoms with E-state index in [1.807, 2.05) is 6.92 Å². The Kier molecular flexibility index (Phi) is 5.19. The molecule has 0 bridgehead atoms. The van der Waals surface area contributed by atoms with Gasteiger partial charge in [-0.1, -0.05) is 11.6 Å². The van der Waals surface area contributed by atoms with Crippen LogP contribution in [-0.2, 0) is 9.53 Å². The number of esters is 1. The highest BCUT2D eigenvalue weighted by Gasteiger charge is 2.38. The molecule has 5 nitrogen and oxygen atoms in total. The van der Waals surface area contributed by atoms with E-state index in [1.54, 1.807) is 39.0 Å². The summed E-state index contributed by atoms with van der Waals surface area (Å²) >= 11 is 5.90. The van der Waals surface area contributed by atoms with Gasteiger partial charge < -0.3 is 9.47 Å². The highest BCUT2D eigenvalue weighted by molar-refractivity contribution is 6.30. The van der Waals surface area contributed by atoms with Crippen molar-refractivity contribution in [2.45, 2.75) is 52.2 Å². The fourth-order valence-corrected chi connectivity index (χ4v) is 2.68. The Hall–Kier alpha value is -1.75. The minimum atomic E-state index is -0.611. The van der Waals surface area contributed by atoms with Gasteiger partial charge >= 0.3 is 12.1 Å². The van der Waals surface area contributed by atoms with Crippen molar-refractivity contribution in [3.8, 4) is 5.75 Å². The van der Waals surface area contributed by atoms with Crippen LogP contribution in [0.25, 0.3) is 0 Å². The molecule has 6 heteroatoms. The van der Waals surface area contributed by atoms with E-state index in [2.05, 4.69) is 0 Å². The van der Waals surface area contributed by atoms with Crippen LogP contribution >= 0.6 is 11.6 Å². The molecule has 0 radical (unpaired) electrons. The van der Waals surface area contributed by atoms with E-state index in [0.29, 0.717) is 23.7 Å². The third-order valence-corrected chi connectivity index (χ3v) is 3.74. The van der Waals surface area contributed by atoms with Crippen molar-refractivity contribution in [2.75, 3.05) is 6.54 Å². The maximum absolute atomic E-state index is 12.4. The molecule has 1 aliphatic heterocycles. The number of hydrogen-bond donors (Lipinski definition) is 0. The molecule has 126 valence electrons. The van der Waals surface area contributed by atoms with Crippen LogP contribution in [0, 0.1) is 6.92 Å². The van der Waals surface area contributed by atoms with Gasteiger partial charge in [0.2, 0.25) is 0 Å². The first-order valence-electron chi connectivity index (χ1n) is 7.65. The van der Waals surface area contributed by atoms with Crippen molar-refractivity contribution in [1.29, 1.82) is 0 Å². The van der Waals surface area contributed by atoms with Gasteiger partial charge in [-0.25, -0.2) is 9.59 Å². The molecule has 1 atom stereocenters. The zero-order valence-electron chi connectivity index (χ0n) is 13.9. The highest BCUT2D eigenvalue weighted by Crippen LogP contribution is 2.26. The average molecular weight is 340 g/mol. The summed E-state index contributed by atoms with van der Waals surface area (Å²) in [6, 6.07) is 4.43. The summed E-state index contributed by atoms with van der Waals surface area (Å²) in [4.78, 5) is 26.1. The van der Waals surface area contributed by atoms with Crippen molar-refractivity contribution < 1.29 is 19.1 Å². The number of nitrogens with zero attached hydrogens (tertiary/aromatic N) is 1. The maximum Gasteiger partial charge on any atom is 0.411 e. The lowest BCUT2D eigenvalue weighted by atomic mass is 10.2. The summed E-state index contributed by atoms with van der Waals surface area (Å²) in [5.74, 6) is 0.00854. The van der Waals surface area contributed by atoms with Gasteiger partial charge in [0.25, 0.3) is 0 Å². The van der Waals surface area contributed by atoms with Gasteiger partial charge in [-0.15, -0.1) is 0 Å². The Balaban J connectivity index is 2.07. The Morgan fingerprint density at radius 2 is 2.00 bits per heavy atom. The fraction of sp³-hybridized carbons (Fsp3) is 0.529. The third-order valence-electron chi connectivity index (χ3n) is 3.50. The number of carbonyl (C=O) groups is 2. The van der Waals surface area contributed by atoms with E-state index in [9.17, 15) is 9.59 Å². The first-order chi connectivity index (χ1) is 10.7. The standard InChI is InChI=1S/C17H22ClNO4/c1-11-10-12(18)7-8-14(11)22-15(20)13-6-5-9-19(13)16(21)23-17(2,3)4/h7-8,10,13H,5-6,9H2,1-4H3. The smallest absolute Gasteiger partial charge is 0.411 e. The summed E-state index contributed by atoms with van der Waals surface area (Å²) in [5.41, 5.74) is 0.175. The SMILES string of the molecule is Cc1cc(Cl)ccc1OC(=O)C1CCCN1C(=O)OC(C)(C)C. The molecule has 1 fully saturated rings. The van der Waals surface area contributed by atoms with E-state index in [1.165, 1.54) is 4.90 Å². The number of halogens is 1. The molecule has 0 aromatic heterocycles. The Labute approximate surface area is 141 Å². The van der Waals surface area contributed by atoms with Gasteiger partial charge in [-0.05, 0) is 64.3 Å². The predicted molar refractivity (Wildman–Crippen MR) is 87.8 cm³/mol. The molecule has 1 aromatic rings. The van der Waals surface area contributed by atoms with Gasteiger partial charge in [0, 0.05) is 11.6 Å². The molecule has 1 aromatic carbocycles. The third kappa shape index (κ3) is 4.61. The molecular formula is C17H22ClNO4. The molecule has 23 heavy (non-hydrogen) atoms. The van der Waals surface area contributed by atoms with Gasteiger partial charge in [-0.3, -0.25) is 4.90 Å². The molecule has 1 saturated heterocycles. The second-order valence-electron chi connectivity index (χ2n) is 6.66. The Morgan fingerprint density at radius 1 is 1.30 bits per heavy atom. The van der Waals surface area contributed by atoms with Crippen molar-refractivity contribution in [3.05, 3.63) is 28.8 Å². The van der Waals surface area contributed by atoms with E-state index in [4.69, 9.17) is 21.1 Å². The van der Waals surface area contributed by atoms with Crippen LogP contribution in [0.1, 0.15) is 39.2 Å². The van der Waals surface area contributed by atoms with Crippen LogP contribution in [0.3, 0.4) is 0 Å².